The first-order chi connectivity index (χ1) is 4.33. The molecule has 0 heterocycles. The predicted molar refractivity (Wildman–Crippen MR) is 38.3 cm³/mol. The Morgan fingerprint density at radius 1 is 1.22 bits per heavy atom. The van der Waals surface area contributed by atoms with Crippen LogP contribution in [-0.2, 0) is 4.79 Å². The Kier molecular flexibility index (Phi) is 19.0. The SMILES string of the molecule is C=CCCC=C.O=CO. The number of hydrogen-bond donors (Lipinski definition) is 1. The summed E-state index contributed by atoms with van der Waals surface area (Å²) in [7, 11) is 0. The van der Waals surface area contributed by atoms with E-state index in [4.69, 9.17) is 9.90 Å². The molecule has 0 bridgehead atoms. The number of hydrogen-bond acceptors (Lipinski definition) is 1. The third-order valence-corrected chi connectivity index (χ3v) is 0.575. The molecule has 0 saturated heterocycles. The molecule has 0 aliphatic carbocycles. The molecule has 0 aromatic heterocycles. The van der Waals surface area contributed by atoms with Gasteiger partial charge in [-0.15, -0.1) is 13.2 Å². The van der Waals surface area contributed by atoms with Crippen molar-refractivity contribution in [2.75, 3.05) is 0 Å². The van der Waals surface area contributed by atoms with Crippen molar-refractivity contribution in [1.29, 1.82) is 0 Å². The number of unbranched alkanes of at least 4 members (excludes halogenated alkanes) is 1. The van der Waals surface area contributed by atoms with Crippen LogP contribution in [0.2, 0.25) is 0 Å². The zero-order valence-corrected chi connectivity index (χ0v) is 5.42. The molecule has 0 aliphatic heterocycles. The lowest BCUT2D eigenvalue weighted by Gasteiger charge is -1.76. The Morgan fingerprint density at radius 2 is 1.44 bits per heavy atom. The minimum Gasteiger partial charge on any atom is -0.483 e. The van der Waals surface area contributed by atoms with E-state index in [1.54, 1.807) is 0 Å². The summed E-state index contributed by atoms with van der Waals surface area (Å²) in [5.74, 6) is 0. The summed E-state index contributed by atoms with van der Waals surface area (Å²) in [5, 5.41) is 6.89. The lowest BCUT2D eigenvalue weighted by atomic mass is 10.3. The van der Waals surface area contributed by atoms with Crippen molar-refractivity contribution in [2.24, 2.45) is 0 Å². The maximum atomic E-state index is 8.36. The van der Waals surface area contributed by atoms with Crippen LogP contribution < -0.4 is 0 Å². The van der Waals surface area contributed by atoms with E-state index in [1.165, 1.54) is 0 Å². The smallest absolute Gasteiger partial charge is 0.290 e. The summed E-state index contributed by atoms with van der Waals surface area (Å²) in [6.07, 6.45) is 5.90. The minimum absolute atomic E-state index is 0.250. The van der Waals surface area contributed by atoms with E-state index in [0.717, 1.165) is 12.8 Å². The third kappa shape index (κ3) is 44.8. The van der Waals surface area contributed by atoms with E-state index < -0.39 is 0 Å². The van der Waals surface area contributed by atoms with Crippen molar-refractivity contribution >= 4 is 6.47 Å². The number of carbonyl (C=O) groups is 1. The second-order valence-electron chi connectivity index (χ2n) is 1.26. The second-order valence-corrected chi connectivity index (χ2v) is 1.26. The minimum atomic E-state index is -0.250. The van der Waals surface area contributed by atoms with E-state index >= 15 is 0 Å². The fourth-order valence-corrected chi connectivity index (χ4v) is 0.236. The van der Waals surface area contributed by atoms with E-state index in [-0.39, 0.29) is 6.47 Å². The molecule has 0 rings (SSSR count). The van der Waals surface area contributed by atoms with Gasteiger partial charge in [0.15, 0.2) is 0 Å². The molecule has 0 spiro atoms. The molecule has 0 atom stereocenters. The molecule has 52 valence electrons. The van der Waals surface area contributed by atoms with E-state index in [9.17, 15) is 0 Å². The summed E-state index contributed by atoms with van der Waals surface area (Å²) < 4.78 is 0. The van der Waals surface area contributed by atoms with Crippen molar-refractivity contribution in [2.45, 2.75) is 12.8 Å². The number of carboxylic acid groups (broad SMARTS) is 1. The van der Waals surface area contributed by atoms with Crippen LogP contribution in [0.5, 0.6) is 0 Å². The van der Waals surface area contributed by atoms with Crippen LogP contribution in [0.15, 0.2) is 25.3 Å². The van der Waals surface area contributed by atoms with Gasteiger partial charge in [0.05, 0.1) is 0 Å². The first-order valence-corrected chi connectivity index (χ1v) is 2.63. The largest absolute Gasteiger partial charge is 0.483 e. The van der Waals surface area contributed by atoms with Crippen molar-refractivity contribution in [3.63, 3.8) is 0 Å². The van der Waals surface area contributed by atoms with Crippen LogP contribution in [0.3, 0.4) is 0 Å². The highest BCUT2D eigenvalue weighted by Gasteiger charge is 1.66. The molecular weight excluding hydrogens is 116 g/mol. The molecule has 0 aromatic rings. The maximum Gasteiger partial charge on any atom is 0.290 e. The zero-order valence-electron chi connectivity index (χ0n) is 5.42. The molecule has 0 aliphatic rings. The van der Waals surface area contributed by atoms with Crippen LogP contribution >= 0.6 is 0 Å². The molecule has 0 fully saturated rings. The van der Waals surface area contributed by atoms with Gasteiger partial charge in [0, 0.05) is 0 Å². The van der Waals surface area contributed by atoms with Crippen LogP contribution in [0.25, 0.3) is 0 Å². The van der Waals surface area contributed by atoms with Crippen molar-refractivity contribution in [1.82, 2.24) is 0 Å². The molecular formula is C7H12O2. The first kappa shape index (κ1) is 10.8. The zero-order chi connectivity index (χ0) is 7.54. The summed E-state index contributed by atoms with van der Waals surface area (Å²) in [6, 6.07) is 0. The van der Waals surface area contributed by atoms with E-state index in [0.29, 0.717) is 0 Å². The van der Waals surface area contributed by atoms with Gasteiger partial charge in [0.25, 0.3) is 6.47 Å². The molecule has 9 heavy (non-hydrogen) atoms. The lowest BCUT2D eigenvalue weighted by Crippen LogP contribution is -1.56. The Labute approximate surface area is 55.5 Å². The van der Waals surface area contributed by atoms with Crippen LogP contribution in [-0.4, -0.2) is 11.6 Å². The number of allylic oxidation sites excluding steroid dienone is 2. The standard InChI is InChI=1S/C6H10.CH2O2/c1-3-5-6-4-2;2-1-3/h3-4H,1-2,5-6H2;1H,(H,2,3). The van der Waals surface area contributed by atoms with Crippen LogP contribution in [0.1, 0.15) is 12.8 Å². The van der Waals surface area contributed by atoms with Gasteiger partial charge in [0.1, 0.15) is 0 Å². The second kappa shape index (κ2) is 15.8. The van der Waals surface area contributed by atoms with E-state index in [2.05, 4.69) is 13.2 Å². The summed E-state index contributed by atoms with van der Waals surface area (Å²) >= 11 is 0. The summed E-state index contributed by atoms with van der Waals surface area (Å²) in [6.45, 7) is 6.85. The van der Waals surface area contributed by atoms with Gasteiger partial charge in [0.2, 0.25) is 0 Å². The van der Waals surface area contributed by atoms with Crippen molar-refractivity contribution in [3.05, 3.63) is 25.3 Å². The van der Waals surface area contributed by atoms with Gasteiger partial charge in [-0.1, -0.05) is 12.2 Å². The Bertz CT molecular complexity index is 69.0. The molecule has 1 N–H and O–H groups in total. The van der Waals surface area contributed by atoms with Gasteiger partial charge in [-0.05, 0) is 12.8 Å². The van der Waals surface area contributed by atoms with E-state index in [1.807, 2.05) is 12.2 Å². The summed E-state index contributed by atoms with van der Waals surface area (Å²) in [5.41, 5.74) is 0. The fourth-order valence-electron chi connectivity index (χ4n) is 0.236. The molecule has 2 nitrogen and oxygen atoms in total. The monoisotopic (exact) mass is 128 g/mol. The topological polar surface area (TPSA) is 37.3 Å². The van der Waals surface area contributed by atoms with Gasteiger partial charge >= 0.3 is 0 Å². The highest BCUT2D eigenvalue weighted by molar-refractivity contribution is 5.32. The number of rotatable bonds is 3. The highest BCUT2D eigenvalue weighted by Crippen LogP contribution is 1.86. The summed E-state index contributed by atoms with van der Waals surface area (Å²) in [4.78, 5) is 8.36. The predicted octanol–water partition coefficient (Wildman–Crippen LogP) is 1.84. The molecule has 0 amide bonds. The lowest BCUT2D eigenvalue weighted by molar-refractivity contribution is -0.122. The highest BCUT2D eigenvalue weighted by atomic mass is 16.3. The molecule has 0 radical (unpaired) electrons. The van der Waals surface area contributed by atoms with Crippen molar-refractivity contribution < 1.29 is 9.90 Å². The molecule has 0 saturated carbocycles. The van der Waals surface area contributed by atoms with Crippen LogP contribution in [0.4, 0.5) is 0 Å². The van der Waals surface area contributed by atoms with Gasteiger partial charge in [-0.2, -0.15) is 0 Å². The molecule has 2 heteroatoms. The molecule has 0 aromatic carbocycles. The quantitative estimate of drug-likeness (QED) is 0.357. The van der Waals surface area contributed by atoms with Gasteiger partial charge in [-0.25, -0.2) is 0 Å². The third-order valence-electron chi connectivity index (χ3n) is 0.575. The maximum absolute atomic E-state index is 8.36. The van der Waals surface area contributed by atoms with Crippen LogP contribution in [0, 0.1) is 0 Å². The van der Waals surface area contributed by atoms with Crippen molar-refractivity contribution in [3.8, 4) is 0 Å². The van der Waals surface area contributed by atoms with Gasteiger partial charge < -0.3 is 5.11 Å². The molecule has 0 unspecified atom stereocenters. The average molecular weight is 128 g/mol. The van der Waals surface area contributed by atoms with Gasteiger partial charge in [-0.3, -0.25) is 4.79 Å². The normalized spacial score (nSPS) is 6.22. The average Bonchev–Trinajstić information content (AvgIpc) is 1.86. The Hall–Kier alpha value is -1.05. The Balaban J connectivity index is 0. The fraction of sp³-hybridized carbons (Fsp3) is 0.286. The Morgan fingerprint density at radius 3 is 1.56 bits per heavy atom. The first-order valence-electron chi connectivity index (χ1n) is 2.63.